The lowest BCUT2D eigenvalue weighted by Gasteiger charge is -2.18. The number of fused-ring (bicyclic) bond motifs is 6. The summed E-state index contributed by atoms with van der Waals surface area (Å²) in [6.45, 7) is 0.198. The molecule has 0 spiro atoms. The van der Waals surface area contributed by atoms with Crippen LogP contribution in [0.4, 0.5) is 0 Å². The maximum absolute atomic E-state index is 2.46. The third-order valence-corrected chi connectivity index (χ3v) is 8.60. The van der Waals surface area contributed by atoms with Crippen molar-refractivity contribution in [3.8, 4) is 11.1 Å². The fraction of sp³-hybridized carbons (Fsp3) is 0. The van der Waals surface area contributed by atoms with E-state index in [0.717, 1.165) is 0 Å². The maximum atomic E-state index is 2.46. The predicted octanol–water partition coefficient (Wildman–Crippen LogP) is 7.39. The molecule has 0 unspecified atom stereocenters. The third kappa shape index (κ3) is 2.59. The number of hydrogen-bond acceptors (Lipinski definition) is 0. The zero-order chi connectivity index (χ0) is 24.1. The van der Waals surface area contributed by atoms with Gasteiger partial charge in [0.15, 0.2) is 0 Å². The molecule has 0 atom stereocenters. The van der Waals surface area contributed by atoms with Crippen LogP contribution in [0.5, 0.6) is 0 Å². The topological polar surface area (TPSA) is 0 Å². The van der Waals surface area contributed by atoms with Crippen LogP contribution >= 0.6 is 0 Å². The lowest BCUT2D eigenvalue weighted by molar-refractivity contribution is 1.75. The van der Waals surface area contributed by atoms with Gasteiger partial charge in [0.25, 0.3) is 0 Å². The van der Waals surface area contributed by atoms with Gasteiger partial charge in [-0.2, -0.15) is 0 Å². The molecule has 1 heterocycles. The Morgan fingerprint density at radius 3 is 1.78 bits per heavy atom. The van der Waals surface area contributed by atoms with Gasteiger partial charge in [-0.1, -0.05) is 132 Å². The van der Waals surface area contributed by atoms with E-state index in [4.69, 9.17) is 0 Å². The number of benzene rings is 8. The van der Waals surface area contributed by atoms with Crippen LogP contribution in [0.15, 0.2) is 127 Å². The number of rotatable bonds is 1. The van der Waals surface area contributed by atoms with E-state index in [1.165, 1.54) is 81.4 Å². The molecule has 0 saturated heterocycles. The fourth-order valence-corrected chi connectivity index (χ4v) is 6.99. The Kier molecular flexibility index (Phi) is 3.69. The molecule has 9 rings (SSSR count). The summed E-state index contributed by atoms with van der Waals surface area (Å²) >= 11 is 0. The summed E-state index contributed by atoms with van der Waals surface area (Å²) in [4.78, 5) is 0. The van der Waals surface area contributed by atoms with Gasteiger partial charge in [-0.3, -0.25) is 0 Å². The SMILES string of the molecule is c1ccc2cc(B3c4cc5ccccc5cc4-c4cc5ccc6cccc7ccc(c43)c5c67)ccc2c1. The Labute approximate surface area is 215 Å². The highest BCUT2D eigenvalue weighted by Gasteiger charge is 2.36. The zero-order valence-electron chi connectivity index (χ0n) is 20.2. The summed E-state index contributed by atoms with van der Waals surface area (Å²) in [5.41, 5.74) is 6.98. The molecule has 0 saturated carbocycles. The second-order valence-electron chi connectivity index (χ2n) is 10.5. The predicted molar refractivity (Wildman–Crippen MR) is 162 cm³/mol. The van der Waals surface area contributed by atoms with E-state index in [9.17, 15) is 0 Å². The second kappa shape index (κ2) is 6.99. The van der Waals surface area contributed by atoms with Gasteiger partial charge in [-0.15, -0.1) is 0 Å². The van der Waals surface area contributed by atoms with Crippen molar-refractivity contribution < 1.29 is 0 Å². The minimum Gasteiger partial charge on any atom is -0.0679 e. The van der Waals surface area contributed by atoms with Gasteiger partial charge in [0, 0.05) is 0 Å². The Bertz CT molecular complexity index is 2190. The molecule has 8 aromatic carbocycles. The molecule has 8 aromatic rings. The Hall–Kier alpha value is -4.62. The first-order valence-electron chi connectivity index (χ1n) is 13.1. The first-order valence-corrected chi connectivity index (χ1v) is 13.1. The molecule has 0 N–H and O–H groups in total. The van der Waals surface area contributed by atoms with Crippen molar-refractivity contribution in [2.45, 2.75) is 0 Å². The van der Waals surface area contributed by atoms with E-state index >= 15 is 0 Å². The van der Waals surface area contributed by atoms with E-state index in [2.05, 4.69) is 127 Å². The second-order valence-corrected chi connectivity index (χ2v) is 10.5. The van der Waals surface area contributed by atoms with Crippen LogP contribution < -0.4 is 16.4 Å². The lowest BCUT2D eigenvalue weighted by atomic mass is 9.38. The molecule has 0 fully saturated rings. The minimum absolute atomic E-state index is 0.198. The molecule has 1 aliphatic rings. The van der Waals surface area contributed by atoms with Crippen LogP contribution in [0.25, 0.3) is 65.0 Å². The van der Waals surface area contributed by atoms with Crippen LogP contribution in [0.3, 0.4) is 0 Å². The molecule has 0 radical (unpaired) electrons. The van der Waals surface area contributed by atoms with Crippen LogP contribution in [0.2, 0.25) is 0 Å². The van der Waals surface area contributed by atoms with Crippen molar-refractivity contribution in [1.82, 2.24) is 0 Å². The Morgan fingerprint density at radius 2 is 0.973 bits per heavy atom. The summed E-state index contributed by atoms with van der Waals surface area (Å²) in [5.74, 6) is 0. The zero-order valence-corrected chi connectivity index (χ0v) is 20.2. The smallest absolute Gasteiger partial charge is 0.0679 e. The largest absolute Gasteiger partial charge is 0.243 e. The molecule has 1 aliphatic heterocycles. The van der Waals surface area contributed by atoms with Gasteiger partial charge in [-0.05, 0) is 77.1 Å². The minimum atomic E-state index is 0.198. The van der Waals surface area contributed by atoms with Crippen LogP contribution in [0.1, 0.15) is 0 Å². The molecule has 1 heteroatoms. The molecule has 0 aromatic heterocycles. The molecule has 168 valence electrons. The van der Waals surface area contributed by atoms with Crippen molar-refractivity contribution in [2.75, 3.05) is 0 Å². The average molecular weight is 464 g/mol. The molecular formula is C36H21B. The van der Waals surface area contributed by atoms with Crippen molar-refractivity contribution in [1.29, 1.82) is 0 Å². The molecule has 37 heavy (non-hydrogen) atoms. The first-order chi connectivity index (χ1) is 18.3. The molecular weight excluding hydrogens is 443 g/mol. The van der Waals surface area contributed by atoms with E-state index < -0.39 is 0 Å². The van der Waals surface area contributed by atoms with E-state index in [0.29, 0.717) is 0 Å². The van der Waals surface area contributed by atoms with Gasteiger partial charge in [0.1, 0.15) is 0 Å². The highest BCUT2D eigenvalue weighted by molar-refractivity contribution is 7.00. The maximum Gasteiger partial charge on any atom is 0.243 e. The van der Waals surface area contributed by atoms with E-state index in [1.807, 2.05) is 0 Å². The summed E-state index contributed by atoms with van der Waals surface area (Å²) < 4.78 is 0. The fourth-order valence-electron chi connectivity index (χ4n) is 6.99. The van der Waals surface area contributed by atoms with Gasteiger partial charge in [0.05, 0.1) is 0 Å². The lowest BCUT2D eigenvalue weighted by Crippen LogP contribution is -2.49. The van der Waals surface area contributed by atoms with Gasteiger partial charge < -0.3 is 0 Å². The molecule has 0 nitrogen and oxygen atoms in total. The van der Waals surface area contributed by atoms with Crippen LogP contribution in [0, 0.1) is 0 Å². The monoisotopic (exact) mass is 464 g/mol. The molecule has 0 aliphatic carbocycles. The highest BCUT2D eigenvalue weighted by atomic mass is 14.2. The quantitative estimate of drug-likeness (QED) is 0.176. The summed E-state index contributed by atoms with van der Waals surface area (Å²) in [7, 11) is 0. The van der Waals surface area contributed by atoms with Crippen molar-refractivity contribution in [3.05, 3.63) is 127 Å². The summed E-state index contributed by atoms with van der Waals surface area (Å²) in [5, 5.41) is 13.3. The standard InChI is InChI=1S/C36H21B/c1-2-7-25-18-29(16-14-22(25)6-1)37-33-21-27-9-4-3-8-26(27)19-31(33)32-20-28-13-12-23-10-5-11-24-15-17-30(36(32)37)35(28)34(23)24/h1-21H. The van der Waals surface area contributed by atoms with Gasteiger partial charge in [-0.25, -0.2) is 0 Å². The first kappa shape index (κ1) is 19.6. The van der Waals surface area contributed by atoms with Crippen LogP contribution in [-0.2, 0) is 0 Å². The average Bonchev–Trinajstić information content (AvgIpc) is 3.27. The van der Waals surface area contributed by atoms with E-state index in [-0.39, 0.29) is 6.71 Å². The van der Waals surface area contributed by atoms with Gasteiger partial charge >= 0.3 is 0 Å². The number of hydrogen-bond donors (Lipinski definition) is 0. The van der Waals surface area contributed by atoms with Gasteiger partial charge in [0.2, 0.25) is 6.71 Å². The highest BCUT2D eigenvalue weighted by Crippen LogP contribution is 2.39. The molecule has 0 amide bonds. The third-order valence-electron chi connectivity index (χ3n) is 8.60. The normalized spacial score (nSPS) is 12.8. The summed E-state index contributed by atoms with van der Waals surface area (Å²) in [6, 6.07) is 47.8. The Morgan fingerprint density at radius 1 is 0.378 bits per heavy atom. The van der Waals surface area contributed by atoms with Crippen molar-refractivity contribution in [3.63, 3.8) is 0 Å². The van der Waals surface area contributed by atoms with Crippen LogP contribution in [-0.4, -0.2) is 6.71 Å². The van der Waals surface area contributed by atoms with Crippen molar-refractivity contribution in [2.24, 2.45) is 0 Å². The van der Waals surface area contributed by atoms with E-state index in [1.54, 1.807) is 0 Å². The van der Waals surface area contributed by atoms with Crippen molar-refractivity contribution >= 4 is 77.0 Å². The summed E-state index contributed by atoms with van der Waals surface area (Å²) in [6.07, 6.45) is 0. The Balaban J connectivity index is 1.46. The molecule has 0 bridgehead atoms.